The van der Waals surface area contributed by atoms with E-state index in [1.165, 1.54) is 16.7 Å². The summed E-state index contributed by atoms with van der Waals surface area (Å²) >= 11 is 12.5. The van der Waals surface area contributed by atoms with Crippen molar-refractivity contribution in [3.63, 3.8) is 0 Å². The van der Waals surface area contributed by atoms with Gasteiger partial charge in [0.2, 0.25) is 0 Å². The van der Waals surface area contributed by atoms with E-state index in [4.69, 9.17) is 42.1 Å². The molecule has 0 heterocycles. The summed E-state index contributed by atoms with van der Waals surface area (Å²) in [6.45, 7) is 5.61. The Hall–Kier alpha value is -3.38. The van der Waals surface area contributed by atoms with Gasteiger partial charge in [0.1, 0.15) is 30.5 Å². The van der Waals surface area contributed by atoms with E-state index in [2.05, 4.69) is 43.0 Å². The van der Waals surface area contributed by atoms with Gasteiger partial charge in [-0.1, -0.05) is 53.5 Å². The van der Waals surface area contributed by atoms with Gasteiger partial charge < -0.3 is 24.7 Å². The maximum atomic E-state index is 6.25. The topological polar surface area (TPSA) is 64.6 Å². The number of rotatable bonds is 12. The molecule has 4 aromatic rings. The Labute approximate surface area is 246 Å². The smallest absolute Gasteiger partial charge is 0.156 e. The number of methoxy groups -OCH3 is 2. The van der Waals surface area contributed by atoms with Crippen LogP contribution in [0.25, 0.3) is 11.1 Å². The summed E-state index contributed by atoms with van der Waals surface area (Å²) < 4.78 is 22.6. The Kier molecular flexibility index (Phi) is 10.2. The van der Waals surface area contributed by atoms with Gasteiger partial charge in [-0.2, -0.15) is 0 Å². The zero-order valence-corrected chi connectivity index (χ0v) is 24.9. The minimum atomic E-state index is 0.297. The van der Waals surface area contributed by atoms with Gasteiger partial charge >= 0.3 is 0 Å². The van der Waals surface area contributed by atoms with E-state index in [1.54, 1.807) is 14.2 Å². The van der Waals surface area contributed by atoms with Gasteiger partial charge in [0.25, 0.3) is 0 Å². The fourth-order valence-corrected chi connectivity index (χ4v) is 5.55. The summed E-state index contributed by atoms with van der Waals surface area (Å²) in [5.41, 5.74) is 11.1. The monoisotopic (exact) mass is 580 g/mol. The molecule has 4 aromatic carbocycles. The number of halogens is 2. The second kappa shape index (κ2) is 13.8. The lowest BCUT2D eigenvalue weighted by atomic mass is 9.87. The fraction of sp³-hybridized carbons (Fsp3) is 0.273. The first-order valence-electron chi connectivity index (χ1n) is 13.2. The van der Waals surface area contributed by atoms with Gasteiger partial charge in [0.05, 0.1) is 30.8 Å². The van der Waals surface area contributed by atoms with Crippen LogP contribution < -0.4 is 24.7 Å². The molecule has 1 unspecified atom stereocenters. The zero-order chi connectivity index (χ0) is 28.6. The molecule has 0 spiro atoms. The van der Waals surface area contributed by atoms with Crippen molar-refractivity contribution in [1.29, 1.82) is 0 Å². The minimum Gasteiger partial charge on any atom is -0.497 e. The predicted molar refractivity (Wildman–Crippen MR) is 163 cm³/mol. The summed E-state index contributed by atoms with van der Waals surface area (Å²) in [5.74, 6) is 3.18. The van der Waals surface area contributed by atoms with Gasteiger partial charge in [0.15, 0.2) is 5.75 Å². The van der Waals surface area contributed by atoms with Crippen molar-refractivity contribution < 1.29 is 24.7 Å². The van der Waals surface area contributed by atoms with Crippen LogP contribution in [0.2, 0.25) is 10.0 Å². The molecule has 5 nitrogen and oxygen atoms in total. The van der Waals surface area contributed by atoms with Crippen molar-refractivity contribution in [3.05, 3.63) is 105 Å². The molecule has 0 fully saturated rings. The van der Waals surface area contributed by atoms with Crippen molar-refractivity contribution in [2.45, 2.75) is 26.2 Å². The first-order valence-corrected chi connectivity index (χ1v) is 14.0. The lowest BCUT2D eigenvalue weighted by molar-refractivity contribution is -0.372. The van der Waals surface area contributed by atoms with Crippen LogP contribution in [0.3, 0.4) is 0 Å². The molecule has 7 heteroatoms. The lowest BCUT2D eigenvalue weighted by Gasteiger charge is -2.18. The molecule has 4 rings (SSSR count). The van der Waals surface area contributed by atoms with Crippen LogP contribution in [0.1, 0.15) is 28.2 Å². The summed E-state index contributed by atoms with van der Waals surface area (Å²) in [4.78, 5) is 0. The molecule has 0 aliphatic carbocycles. The van der Waals surface area contributed by atoms with Crippen molar-refractivity contribution in [3.8, 4) is 34.1 Å². The van der Waals surface area contributed by atoms with Crippen LogP contribution in [-0.4, -0.2) is 34.0 Å². The molecule has 0 aromatic heterocycles. The third-order valence-electron chi connectivity index (χ3n) is 6.92. The number of ether oxygens (including phenoxy) is 4. The Morgan fingerprint density at radius 2 is 1.43 bits per heavy atom. The Morgan fingerprint density at radius 3 is 2.05 bits per heavy atom. The number of benzene rings is 4. The summed E-state index contributed by atoms with van der Waals surface area (Å²) in [6, 6.07) is 24.3. The second-order valence-electron chi connectivity index (χ2n) is 9.73. The summed E-state index contributed by atoms with van der Waals surface area (Å²) in [5, 5.41) is 0.999. The molecule has 0 aliphatic rings. The second-order valence-corrected chi connectivity index (χ2v) is 10.5. The molecule has 1 atom stereocenters. The first-order chi connectivity index (χ1) is 19.3. The van der Waals surface area contributed by atoms with Crippen molar-refractivity contribution >= 4 is 23.2 Å². The van der Waals surface area contributed by atoms with E-state index in [0.717, 1.165) is 46.9 Å². The number of hydrogen-bond acceptors (Lipinski definition) is 4. The molecule has 0 amide bonds. The molecule has 0 saturated heterocycles. The number of hydrogen-bond donors (Lipinski definition) is 1. The third-order valence-corrected chi connectivity index (χ3v) is 7.48. The number of quaternary nitrogens is 1. The van der Waals surface area contributed by atoms with E-state index >= 15 is 0 Å². The maximum Gasteiger partial charge on any atom is 0.156 e. The van der Waals surface area contributed by atoms with E-state index in [0.29, 0.717) is 34.9 Å². The Morgan fingerprint density at radius 1 is 0.750 bits per heavy atom. The molecule has 40 heavy (non-hydrogen) atoms. The average molecular weight is 582 g/mol. The highest BCUT2D eigenvalue weighted by Crippen LogP contribution is 2.36. The van der Waals surface area contributed by atoms with Crippen molar-refractivity contribution in [2.24, 2.45) is 0 Å². The zero-order valence-electron chi connectivity index (χ0n) is 23.4. The van der Waals surface area contributed by atoms with Crippen LogP contribution in [0.4, 0.5) is 0 Å². The van der Waals surface area contributed by atoms with E-state index < -0.39 is 0 Å². The van der Waals surface area contributed by atoms with Crippen LogP contribution >= 0.6 is 23.2 Å². The molecule has 0 aliphatic heterocycles. The van der Waals surface area contributed by atoms with Gasteiger partial charge in [-0.25, -0.2) is 0 Å². The van der Waals surface area contributed by atoms with Crippen LogP contribution in [0.5, 0.6) is 23.0 Å². The molecule has 3 N–H and O–H groups in total. The van der Waals surface area contributed by atoms with E-state index in [9.17, 15) is 0 Å². The van der Waals surface area contributed by atoms with Gasteiger partial charge in [-0.3, -0.25) is 0 Å². The molecule has 0 saturated carbocycles. The molecular weight excluding hydrogens is 545 g/mol. The van der Waals surface area contributed by atoms with E-state index in [-0.39, 0.29) is 0 Å². The average Bonchev–Trinajstić information content (AvgIpc) is 2.95. The molecule has 0 radical (unpaired) electrons. The highest BCUT2D eigenvalue weighted by atomic mass is 35.5. The standard InChI is InChI=1S/C33H35Cl2NO4/c1-21-15-30(34)33(31(35)16-21)40-14-13-39-26-8-5-23(6-9-26)18-25(20-36)28-11-7-24(17-22(28)2)29-19-27(37-3)10-12-32(29)38-4/h5-12,15-17,19,25H,13-14,18,20,36H2,1-4H3/p+1. The van der Waals surface area contributed by atoms with Gasteiger partial charge in [-0.15, -0.1) is 0 Å². The first kappa shape index (κ1) is 29.6. The quantitative estimate of drug-likeness (QED) is 0.178. The predicted octanol–water partition coefficient (Wildman–Crippen LogP) is 7.32. The highest BCUT2D eigenvalue weighted by molar-refractivity contribution is 6.37. The summed E-state index contributed by atoms with van der Waals surface area (Å²) in [6.07, 6.45) is 0.889. The maximum absolute atomic E-state index is 6.25. The van der Waals surface area contributed by atoms with E-state index in [1.807, 2.05) is 49.4 Å². The van der Waals surface area contributed by atoms with Crippen LogP contribution in [0.15, 0.2) is 72.8 Å². The largest absolute Gasteiger partial charge is 0.497 e. The molecule has 0 bridgehead atoms. The number of aryl methyl sites for hydroxylation is 2. The Balaban J connectivity index is 1.37. The highest BCUT2D eigenvalue weighted by Gasteiger charge is 2.17. The van der Waals surface area contributed by atoms with Gasteiger partial charge in [-0.05, 0) is 90.6 Å². The normalized spacial score (nSPS) is 11.7. The third kappa shape index (κ3) is 7.22. The van der Waals surface area contributed by atoms with Gasteiger partial charge in [0, 0.05) is 11.5 Å². The van der Waals surface area contributed by atoms with Crippen molar-refractivity contribution in [2.75, 3.05) is 34.0 Å². The Bertz CT molecular complexity index is 1420. The lowest BCUT2D eigenvalue weighted by Crippen LogP contribution is -2.53. The van der Waals surface area contributed by atoms with Crippen LogP contribution in [-0.2, 0) is 6.42 Å². The van der Waals surface area contributed by atoms with Crippen LogP contribution in [0, 0.1) is 13.8 Å². The molecule has 210 valence electrons. The molecular formula is C33H36Cl2NO4+. The fourth-order valence-electron chi connectivity index (χ4n) is 4.84. The minimum absolute atomic E-state index is 0.297. The summed E-state index contributed by atoms with van der Waals surface area (Å²) in [7, 11) is 3.36. The SMILES string of the molecule is COc1ccc(OC)c(-c2ccc(C(C[NH3+])Cc3ccc(OCCOc4c(Cl)cc(C)cc4Cl)cc3)c(C)c2)c1. The van der Waals surface area contributed by atoms with Crippen molar-refractivity contribution in [1.82, 2.24) is 0 Å².